The van der Waals surface area contributed by atoms with Crippen LogP contribution in [0.1, 0.15) is 4.88 Å². The molecule has 0 saturated carbocycles. The van der Waals surface area contributed by atoms with Gasteiger partial charge in [-0.15, -0.1) is 11.3 Å². The highest BCUT2D eigenvalue weighted by atomic mass is 35.5. The second-order valence-corrected chi connectivity index (χ2v) is 3.41. The normalized spacial score (nSPS) is 9.67. The fraction of sp³-hybridized carbons (Fsp3) is 0.400. The summed E-state index contributed by atoms with van der Waals surface area (Å²) in [6, 6.07) is 0. The first kappa shape index (κ1) is 6.83. The van der Waals surface area contributed by atoms with Gasteiger partial charge in [-0.05, 0) is 6.92 Å². The van der Waals surface area contributed by atoms with E-state index in [2.05, 4.69) is 10.3 Å². The summed E-state index contributed by atoms with van der Waals surface area (Å²) in [5, 5.41) is 2.93. The molecule has 50 valence electrons. The van der Waals surface area contributed by atoms with Gasteiger partial charge >= 0.3 is 0 Å². The van der Waals surface area contributed by atoms with Crippen LogP contribution in [0.2, 0.25) is 4.47 Å². The van der Waals surface area contributed by atoms with Crippen LogP contribution in [0.5, 0.6) is 0 Å². The van der Waals surface area contributed by atoms with Gasteiger partial charge in [-0.1, -0.05) is 11.6 Å². The van der Waals surface area contributed by atoms with Gasteiger partial charge in [-0.3, -0.25) is 0 Å². The molecule has 1 rings (SSSR count). The van der Waals surface area contributed by atoms with Crippen LogP contribution in [0, 0.1) is 6.92 Å². The molecular weight excluding hydrogens is 156 g/mol. The lowest BCUT2D eigenvalue weighted by Crippen LogP contribution is -1.88. The van der Waals surface area contributed by atoms with Gasteiger partial charge in [-0.25, -0.2) is 4.98 Å². The van der Waals surface area contributed by atoms with Crippen molar-refractivity contribution in [3.63, 3.8) is 0 Å². The molecule has 1 aromatic heterocycles. The highest BCUT2D eigenvalue weighted by Crippen LogP contribution is 2.24. The Bertz CT molecular complexity index is 209. The van der Waals surface area contributed by atoms with Crippen molar-refractivity contribution < 1.29 is 0 Å². The number of thiazole rings is 1. The topological polar surface area (TPSA) is 24.9 Å². The number of aryl methyl sites for hydroxylation is 1. The van der Waals surface area contributed by atoms with Crippen LogP contribution < -0.4 is 5.32 Å². The first-order chi connectivity index (χ1) is 4.24. The molecule has 0 aliphatic rings. The summed E-state index contributed by atoms with van der Waals surface area (Å²) in [4.78, 5) is 5.13. The van der Waals surface area contributed by atoms with E-state index >= 15 is 0 Å². The Labute approximate surface area is 62.9 Å². The molecule has 9 heavy (non-hydrogen) atoms. The average molecular weight is 163 g/mol. The van der Waals surface area contributed by atoms with E-state index in [-0.39, 0.29) is 0 Å². The number of aromatic nitrogens is 1. The number of hydrogen-bond acceptors (Lipinski definition) is 3. The van der Waals surface area contributed by atoms with Crippen molar-refractivity contribution in [1.82, 2.24) is 4.98 Å². The quantitative estimate of drug-likeness (QED) is 0.685. The third-order valence-corrected chi connectivity index (χ3v) is 2.08. The molecule has 0 bridgehead atoms. The minimum Gasteiger partial charge on any atom is -0.372 e. The van der Waals surface area contributed by atoms with Crippen molar-refractivity contribution in [1.29, 1.82) is 0 Å². The Morgan fingerprint density at radius 1 is 1.67 bits per heavy atom. The Balaban J connectivity index is 3.01. The Kier molecular flexibility index (Phi) is 1.93. The van der Waals surface area contributed by atoms with Gasteiger partial charge in [0.05, 0.1) is 0 Å². The summed E-state index contributed by atoms with van der Waals surface area (Å²) in [5.74, 6) is 0.880. The molecular formula is C5H7ClN2S. The average Bonchev–Trinajstić information content (AvgIpc) is 2.10. The number of nitrogens with zero attached hydrogens (tertiary/aromatic N) is 1. The zero-order valence-corrected chi connectivity index (χ0v) is 6.81. The zero-order valence-electron chi connectivity index (χ0n) is 5.23. The van der Waals surface area contributed by atoms with E-state index in [1.54, 1.807) is 0 Å². The highest BCUT2D eigenvalue weighted by Gasteiger charge is 2.01. The van der Waals surface area contributed by atoms with Crippen molar-refractivity contribution in [3.05, 3.63) is 9.34 Å². The third-order valence-electron chi connectivity index (χ3n) is 1.01. The van der Waals surface area contributed by atoms with Crippen molar-refractivity contribution in [2.75, 3.05) is 12.4 Å². The second-order valence-electron chi connectivity index (χ2n) is 1.62. The third kappa shape index (κ3) is 1.34. The smallest absolute Gasteiger partial charge is 0.185 e. The fourth-order valence-corrected chi connectivity index (χ4v) is 1.66. The summed E-state index contributed by atoms with van der Waals surface area (Å²) < 4.78 is 0.594. The second kappa shape index (κ2) is 2.54. The Morgan fingerprint density at radius 2 is 2.33 bits per heavy atom. The van der Waals surface area contributed by atoms with Gasteiger partial charge in [0.15, 0.2) is 4.47 Å². The molecule has 2 nitrogen and oxygen atoms in total. The highest BCUT2D eigenvalue weighted by molar-refractivity contribution is 7.16. The van der Waals surface area contributed by atoms with Crippen molar-refractivity contribution in [3.8, 4) is 0 Å². The SMILES string of the molecule is CNc1nc(Cl)sc1C. The van der Waals surface area contributed by atoms with Crippen molar-refractivity contribution in [2.24, 2.45) is 0 Å². The summed E-state index contributed by atoms with van der Waals surface area (Å²) in [5.41, 5.74) is 0. The molecule has 0 unspecified atom stereocenters. The molecule has 0 spiro atoms. The lowest BCUT2D eigenvalue weighted by Gasteiger charge is -1.90. The van der Waals surface area contributed by atoms with Crippen LogP contribution in [0.4, 0.5) is 5.82 Å². The van der Waals surface area contributed by atoms with E-state index < -0.39 is 0 Å². The summed E-state index contributed by atoms with van der Waals surface area (Å²) in [7, 11) is 1.83. The molecule has 4 heteroatoms. The van der Waals surface area contributed by atoms with E-state index in [1.807, 2.05) is 14.0 Å². The maximum absolute atomic E-state index is 5.61. The molecule has 1 aromatic rings. The minimum absolute atomic E-state index is 0.594. The Hall–Kier alpha value is -0.280. The molecule has 0 radical (unpaired) electrons. The Morgan fingerprint density at radius 3 is 2.56 bits per heavy atom. The van der Waals surface area contributed by atoms with Gasteiger partial charge in [0.1, 0.15) is 5.82 Å². The van der Waals surface area contributed by atoms with Crippen LogP contribution in [0.15, 0.2) is 0 Å². The van der Waals surface area contributed by atoms with E-state index in [1.165, 1.54) is 11.3 Å². The lowest BCUT2D eigenvalue weighted by molar-refractivity contribution is 1.32. The van der Waals surface area contributed by atoms with Crippen LogP contribution in [0.3, 0.4) is 0 Å². The van der Waals surface area contributed by atoms with Crippen molar-refractivity contribution >= 4 is 28.8 Å². The molecule has 1 N–H and O–H groups in total. The van der Waals surface area contributed by atoms with Gasteiger partial charge < -0.3 is 5.32 Å². The summed E-state index contributed by atoms with van der Waals surface area (Å²) in [6.07, 6.45) is 0. The molecule has 0 aliphatic carbocycles. The number of halogens is 1. The van der Waals surface area contributed by atoms with E-state index in [9.17, 15) is 0 Å². The molecule has 0 atom stereocenters. The van der Waals surface area contributed by atoms with Crippen LogP contribution in [0.25, 0.3) is 0 Å². The molecule has 0 aromatic carbocycles. The number of rotatable bonds is 1. The maximum Gasteiger partial charge on any atom is 0.185 e. The predicted molar refractivity (Wildman–Crippen MR) is 41.4 cm³/mol. The van der Waals surface area contributed by atoms with Gasteiger partial charge in [0.2, 0.25) is 0 Å². The van der Waals surface area contributed by atoms with Crippen LogP contribution in [-0.2, 0) is 0 Å². The van der Waals surface area contributed by atoms with E-state index in [0.717, 1.165) is 10.7 Å². The van der Waals surface area contributed by atoms with Gasteiger partial charge in [0, 0.05) is 11.9 Å². The van der Waals surface area contributed by atoms with Gasteiger partial charge in [-0.2, -0.15) is 0 Å². The maximum atomic E-state index is 5.61. The first-order valence-electron chi connectivity index (χ1n) is 2.54. The number of anilines is 1. The standard InChI is InChI=1S/C5H7ClN2S/c1-3-4(7-2)8-5(6)9-3/h7H,1-2H3. The van der Waals surface area contributed by atoms with Crippen molar-refractivity contribution in [2.45, 2.75) is 6.92 Å². The molecule has 1 heterocycles. The minimum atomic E-state index is 0.594. The number of nitrogens with one attached hydrogen (secondary N) is 1. The molecule has 0 fully saturated rings. The first-order valence-corrected chi connectivity index (χ1v) is 3.74. The lowest BCUT2D eigenvalue weighted by atomic mass is 10.5. The van der Waals surface area contributed by atoms with E-state index in [0.29, 0.717) is 4.47 Å². The molecule has 0 saturated heterocycles. The summed E-state index contributed by atoms with van der Waals surface area (Å²) >= 11 is 7.10. The van der Waals surface area contributed by atoms with Gasteiger partial charge in [0.25, 0.3) is 0 Å². The molecule has 0 amide bonds. The van der Waals surface area contributed by atoms with Crippen LogP contribution >= 0.6 is 22.9 Å². The van der Waals surface area contributed by atoms with E-state index in [4.69, 9.17) is 11.6 Å². The fourth-order valence-electron chi connectivity index (χ4n) is 0.596. The monoisotopic (exact) mass is 162 g/mol. The largest absolute Gasteiger partial charge is 0.372 e. The zero-order chi connectivity index (χ0) is 6.85. The summed E-state index contributed by atoms with van der Waals surface area (Å²) in [6.45, 7) is 1.98. The number of hydrogen-bond donors (Lipinski definition) is 1. The predicted octanol–water partition coefficient (Wildman–Crippen LogP) is 2.15. The molecule has 0 aliphatic heterocycles. The van der Waals surface area contributed by atoms with Crippen LogP contribution in [-0.4, -0.2) is 12.0 Å².